The van der Waals surface area contributed by atoms with E-state index in [0.717, 1.165) is 0 Å². The minimum absolute atomic E-state index is 0.321. The Bertz CT molecular complexity index is 35.8. The zero-order valence-corrected chi connectivity index (χ0v) is 3.39. The quantitative estimate of drug-likeness (QED) is 0.302. The lowest BCUT2D eigenvalue weighted by atomic mass is 11.9. The molecule has 0 aromatic rings. The predicted molar refractivity (Wildman–Crippen MR) is 16.7 cm³/mol. The molecule has 0 aromatic carbocycles. The van der Waals surface area contributed by atoms with Crippen molar-refractivity contribution in [1.29, 1.82) is 5.39 Å². The fourth-order valence-corrected chi connectivity index (χ4v) is 0. The van der Waals surface area contributed by atoms with E-state index in [1.165, 1.54) is 0 Å². The standard InChI is InChI=1S/CH3N2Si/c1-4-3-2/h1H3/q+1. The van der Waals surface area contributed by atoms with Crippen LogP contribution in [-0.2, 0) is 0 Å². The molecule has 3 heteroatoms. The smallest absolute Gasteiger partial charge is 0.00514 e. The van der Waals surface area contributed by atoms with Gasteiger partial charge in [-0.25, -0.2) is 0 Å². The number of hydrogen-bond donors (Lipinski definition) is 0. The molecular weight excluding hydrogens is 68.1 g/mol. The van der Waals surface area contributed by atoms with Crippen LogP contribution in [0.15, 0.2) is 0 Å². The van der Waals surface area contributed by atoms with Crippen LogP contribution in [0.5, 0.6) is 0 Å². The number of diazo groups is 1. The van der Waals surface area contributed by atoms with Crippen LogP contribution in [-0.4, -0.2) is 9.68 Å². The molecule has 0 aliphatic heterocycles. The SMILES string of the molecule is C[Si][N+]#N. The van der Waals surface area contributed by atoms with Crippen LogP contribution in [0.2, 0.25) is 6.55 Å². The van der Waals surface area contributed by atoms with Gasteiger partial charge >= 0.3 is 9.68 Å². The largest absolute Gasteiger partial charge is 0.723 e. The lowest BCUT2D eigenvalue weighted by molar-refractivity contribution is 1.51. The van der Waals surface area contributed by atoms with Crippen molar-refractivity contribution in [2.24, 2.45) is 0 Å². The second-order valence-corrected chi connectivity index (χ2v) is 0.971. The van der Waals surface area contributed by atoms with Crippen molar-refractivity contribution in [3.8, 4) is 0 Å². The molecule has 0 unspecified atom stereocenters. The molecule has 2 nitrogen and oxygen atoms in total. The van der Waals surface area contributed by atoms with Crippen LogP contribution in [0.1, 0.15) is 0 Å². The van der Waals surface area contributed by atoms with Gasteiger partial charge in [-0.2, -0.15) is 0 Å². The van der Waals surface area contributed by atoms with Crippen molar-refractivity contribution in [1.82, 2.24) is 0 Å². The van der Waals surface area contributed by atoms with Crippen LogP contribution >= 0.6 is 0 Å². The Kier molecular flexibility index (Phi) is 2.40. The minimum atomic E-state index is 0.321. The van der Waals surface area contributed by atoms with Gasteiger partial charge in [0.25, 0.3) is 0 Å². The third-order valence-electron chi connectivity index (χ3n) is 0.100. The zero-order chi connectivity index (χ0) is 3.41. The van der Waals surface area contributed by atoms with E-state index < -0.39 is 0 Å². The summed E-state index contributed by atoms with van der Waals surface area (Å²) in [7, 11) is 0.321. The first-order valence-electron chi connectivity index (χ1n) is 0.924. The molecule has 4 heavy (non-hydrogen) atoms. The third-order valence-corrected chi connectivity index (χ3v) is 0.300. The van der Waals surface area contributed by atoms with Gasteiger partial charge in [0.2, 0.25) is 0 Å². The molecule has 0 amide bonds. The number of rotatable bonds is 0. The summed E-state index contributed by atoms with van der Waals surface area (Å²) < 4.78 is 2.76. The fourth-order valence-electron chi connectivity index (χ4n) is 0. The topological polar surface area (TPSA) is 28.1 Å². The molecule has 0 aliphatic rings. The second-order valence-electron chi connectivity index (χ2n) is 0.324. The average molecular weight is 71.1 g/mol. The van der Waals surface area contributed by atoms with Crippen LogP contribution in [0, 0.1) is 5.39 Å². The summed E-state index contributed by atoms with van der Waals surface area (Å²) in [6.07, 6.45) is 0. The van der Waals surface area contributed by atoms with Crippen LogP contribution in [0.3, 0.4) is 0 Å². The van der Waals surface area contributed by atoms with Crippen LogP contribution in [0.25, 0.3) is 4.64 Å². The zero-order valence-electron chi connectivity index (χ0n) is 2.39. The van der Waals surface area contributed by atoms with Gasteiger partial charge < -0.3 is 0 Å². The van der Waals surface area contributed by atoms with E-state index in [9.17, 15) is 0 Å². The molecule has 0 bridgehead atoms. The Labute approximate surface area is 27.4 Å². The molecule has 0 spiro atoms. The Hall–Kier alpha value is -0.363. The third kappa shape index (κ3) is 1.64. The van der Waals surface area contributed by atoms with E-state index in [1.54, 1.807) is 6.55 Å². The highest BCUT2D eigenvalue weighted by Crippen LogP contribution is 1.47. The van der Waals surface area contributed by atoms with Crippen molar-refractivity contribution in [3.63, 3.8) is 0 Å². The van der Waals surface area contributed by atoms with Gasteiger partial charge in [-0.05, 0) is 4.64 Å². The molecule has 0 N–H and O–H groups in total. The summed E-state index contributed by atoms with van der Waals surface area (Å²) in [6.45, 7) is 1.79. The minimum Gasteiger partial charge on any atom is -0.00514 e. The maximum Gasteiger partial charge on any atom is 0.723 e. The summed E-state index contributed by atoms with van der Waals surface area (Å²) in [6, 6.07) is 0. The van der Waals surface area contributed by atoms with E-state index in [0.29, 0.717) is 9.68 Å². The van der Waals surface area contributed by atoms with Crippen molar-refractivity contribution in [2.45, 2.75) is 6.55 Å². The monoisotopic (exact) mass is 71.0 g/mol. The van der Waals surface area contributed by atoms with Crippen LogP contribution in [0.4, 0.5) is 0 Å². The lowest BCUT2D eigenvalue weighted by Gasteiger charge is -1.18. The molecule has 0 atom stereocenters. The van der Waals surface area contributed by atoms with E-state index >= 15 is 0 Å². The predicted octanol–water partition coefficient (Wildman–Crippen LogP) is 0.507. The molecule has 0 heterocycles. The van der Waals surface area contributed by atoms with E-state index in [1.807, 2.05) is 0 Å². The maximum absolute atomic E-state index is 7.51. The van der Waals surface area contributed by atoms with Crippen molar-refractivity contribution in [2.75, 3.05) is 0 Å². The Morgan fingerprint density at radius 3 is 2.25 bits per heavy atom. The van der Waals surface area contributed by atoms with Gasteiger partial charge in [0, 0.05) is 6.55 Å². The van der Waals surface area contributed by atoms with Crippen molar-refractivity contribution < 1.29 is 0 Å². The normalized spacial score (nSPS) is 5.00. The molecule has 0 aliphatic carbocycles. The van der Waals surface area contributed by atoms with Gasteiger partial charge in [-0.3, -0.25) is 0 Å². The Morgan fingerprint density at radius 1 is 2.00 bits per heavy atom. The van der Waals surface area contributed by atoms with Gasteiger partial charge in [0.05, 0.1) is 0 Å². The molecule has 20 valence electrons. The molecule has 0 saturated heterocycles. The highest BCUT2D eigenvalue weighted by atomic mass is 28.2. The molecule has 0 rings (SSSR count). The molecule has 0 fully saturated rings. The first-order chi connectivity index (χ1) is 1.91. The first kappa shape index (κ1) is 3.64. The summed E-state index contributed by atoms with van der Waals surface area (Å²) in [5.41, 5.74) is 0. The van der Waals surface area contributed by atoms with Gasteiger partial charge in [0.1, 0.15) is 0 Å². The maximum atomic E-state index is 7.51. The highest BCUT2D eigenvalue weighted by molar-refractivity contribution is 6.37. The summed E-state index contributed by atoms with van der Waals surface area (Å²) in [5.74, 6) is 0. The molecular formula is CH3N2Si+. The van der Waals surface area contributed by atoms with Crippen molar-refractivity contribution >= 4 is 9.68 Å². The Morgan fingerprint density at radius 2 is 2.25 bits per heavy atom. The summed E-state index contributed by atoms with van der Waals surface area (Å²) in [4.78, 5) is 0. The van der Waals surface area contributed by atoms with Gasteiger partial charge in [0.15, 0.2) is 5.39 Å². The number of hydrogen-bond acceptors (Lipinski definition) is 1. The second kappa shape index (κ2) is 2.64. The highest BCUT2D eigenvalue weighted by Gasteiger charge is 1.86. The van der Waals surface area contributed by atoms with Crippen molar-refractivity contribution in [3.05, 3.63) is 4.64 Å². The lowest BCUT2D eigenvalue weighted by Crippen LogP contribution is -1.56. The van der Waals surface area contributed by atoms with Gasteiger partial charge in [-0.15, -0.1) is 0 Å². The summed E-state index contributed by atoms with van der Waals surface area (Å²) >= 11 is 0. The number of nitrogens with zero attached hydrogens (tertiary/aromatic N) is 2. The molecule has 2 radical (unpaired) electrons. The van der Waals surface area contributed by atoms with Crippen LogP contribution < -0.4 is 0 Å². The molecule has 0 aromatic heterocycles. The average Bonchev–Trinajstić information content (AvgIpc) is 1.37. The van der Waals surface area contributed by atoms with E-state index in [4.69, 9.17) is 5.39 Å². The van der Waals surface area contributed by atoms with E-state index in [2.05, 4.69) is 4.64 Å². The van der Waals surface area contributed by atoms with E-state index in [-0.39, 0.29) is 0 Å². The van der Waals surface area contributed by atoms with Gasteiger partial charge in [-0.1, -0.05) is 0 Å². The fraction of sp³-hybridized carbons (Fsp3) is 1.00. The summed E-state index contributed by atoms with van der Waals surface area (Å²) in [5, 5.41) is 7.51. The molecule has 0 saturated carbocycles. The first-order valence-corrected chi connectivity index (χ1v) is 2.37. The Balaban J connectivity index is 2.43.